The summed E-state index contributed by atoms with van der Waals surface area (Å²) < 4.78 is 13.3. The van der Waals surface area contributed by atoms with Crippen LogP contribution in [0.25, 0.3) is 0 Å². The topological polar surface area (TPSA) is 49.4 Å². The molecule has 0 spiro atoms. The van der Waals surface area contributed by atoms with Gasteiger partial charge in [0.15, 0.2) is 0 Å². The lowest BCUT2D eigenvalue weighted by molar-refractivity contribution is -0.121. The Balaban J connectivity index is 1.82. The van der Waals surface area contributed by atoms with Crippen LogP contribution < -0.4 is 10.2 Å². The number of carbonyl (C=O) groups excluding carboxylic acids is 2. The third-order valence-corrected chi connectivity index (χ3v) is 3.33. The molecule has 1 saturated heterocycles. The number of benzene rings is 2. The Bertz CT molecular complexity index is 688. The van der Waals surface area contributed by atoms with E-state index in [1.807, 2.05) is 30.3 Å². The van der Waals surface area contributed by atoms with E-state index < -0.39 is 11.9 Å². The molecule has 1 N–H and O–H groups in total. The molecule has 0 aromatic heterocycles. The van der Waals surface area contributed by atoms with Gasteiger partial charge in [0.1, 0.15) is 11.9 Å². The Morgan fingerprint density at radius 3 is 2.52 bits per heavy atom. The number of halogens is 1. The van der Waals surface area contributed by atoms with Crippen LogP contribution in [-0.2, 0) is 9.59 Å². The highest BCUT2D eigenvalue weighted by molar-refractivity contribution is 6.23. The van der Waals surface area contributed by atoms with Gasteiger partial charge < -0.3 is 5.32 Å². The second kappa shape index (κ2) is 5.36. The van der Waals surface area contributed by atoms with Crippen molar-refractivity contribution in [1.82, 2.24) is 0 Å². The van der Waals surface area contributed by atoms with Crippen LogP contribution in [0.5, 0.6) is 0 Å². The predicted molar refractivity (Wildman–Crippen MR) is 77.4 cm³/mol. The average Bonchev–Trinajstić information content (AvgIpc) is 2.74. The van der Waals surface area contributed by atoms with Crippen molar-refractivity contribution in [2.45, 2.75) is 12.5 Å². The van der Waals surface area contributed by atoms with Gasteiger partial charge in [0, 0.05) is 5.69 Å². The highest BCUT2D eigenvalue weighted by atomic mass is 19.1. The number of nitrogens with zero attached hydrogens (tertiary/aromatic N) is 1. The van der Waals surface area contributed by atoms with Gasteiger partial charge >= 0.3 is 0 Å². The predicted octanol–water partition coefficient (Wildman–Crippen LogP) is 2.57. The molecule has 4 nitrogen and oxygen atoms in total. The molecule has 0 radical (unpaired) electrons. The zero-order valence-corrected chi connectivity index (χ0v) is 11.1. The summed E-state index contributed by atoms with van der Waals surface area (Å²) in [5.74, 6) is -1.18. The smallest absolute Gasteiger partial charge is 0.256 e. The molecule has 0 aliphatic carbocycles. The third-order valence-electron chi connectivity index (χ3n) is 3.33. The van der Waals surface area contributed by atoms with E-state index in [0.29, 0.717) is 0 Å². The van der Waals surface area contributed by atoms with Crippen LogP contribution in [-0.4, -0.2) is 17.9 Å². The number of rotatable bonds is 3. The molecule has 106 valence electrons. The highest BCUT2D eigenvalue weighted by Gasteiger charge is 2.39. The van der Waals surface area contributed by atoms with Crippen LogP contribution in [0.2, 0.25) is 0 Å². The van der Waals surface area contributed by atoms with Crippen molar-refractivity contribution in [3.05, 3.63) is 60.4 Å². The van der Waals surface area contributed by atoms with Gasteiger partial charge in [-0.15, -0.1) is 0 Å². The van der Waals surface area contributed by atoms with Crippen molar-refractivity contribution in [3.8, 4) is 0 Å². The molecule has 1 fully saturated rings. The highest BCUT2D eigenvalue weighted by Crippen LogP contribution is 2.25. The van der Waals surface area contributed by atoms with E-state index in [9.17, 15) is 14.0 Å². The minimum atomic E-state index is -0.622. The normalized spacial score (nSPS) is 18.1. The van der Waals surface area contributed by atoms with Crippen LogP contribution in [0.4, 0.5) is 15.8 Å². The quantitative estimate of drug-likeness (QED) is 0.881. The molecule has 2 amide bonds. The molecular weight excluding hydrogens is 271 g/mol. The lowest BCUT2D eigenvalue weighted by Crippen LogP contribution is -2.34. The van der Waals surface area contributed by atoms with E-state index in [4.69, 9.17) is 0 Å². The number of imide groups is 1. The number of nitrogens with one attached hydrogen (secondary N) is 1. The molecule has 2 aromatic rings. The van der Waals surface area contributed by atoms with E-state index in [0.717, 1.165) is 10.6 Å². The molecular formula is C16H13FN2O2. The van der Waals surface area contributed by atoms with Crippen molar-refractivity contribution >= 4 is 23.2 Å². The first-order valence-corrected chi connectivity index (χ1v) is 6.59. The van der Waals surface area contributed by atoms with Gasteiger partial charge in [-0.3, -0.25) is 9.59 Å². The van der Waals surface area contributed by atoms with Crippen LogP contribution in [0.3, 0.4) is 0 Å². The minimum absolute atomic E-state index is 0.0598. The lowest BCUT2D eigenvalue weighted by Gasteiger charge is -2.16. The van der Waals surface area contributed by atoms with Crippen molar-refractivity contribution in [3.63, 3.8) is 0 Å². The molecule has 5 heteroatoms. The first kappa shape index (κ1) is 13.3. The van der Waals surface area contributed by atoms with Gasteiger partial charge in [0.05, 0.1) is 12.1 Å². The number of hydrogen-bond acceptors (Lipinski definition) is 3. The number of para-hydroxylation sites is 1. The third kappa shape index (κ3) is 2.63. The zero-order valence-electron chi connectivity index (χ0n) is 11.1. The SMILES string of the molecule is O=C1C[C@@H](Nc2ccccc2)C(=O)N1c1cccc(F)c1. The summed E-state index contributed by atoms with van der Waals surface area (Å²) >= 11 is 0. The minimum Gasteiger partial charge on any atom is -0.373 e. The standard InChI is InChI=1S/C16H13FN2O2/c17-11-5-4-8-13(9-11)19-15(20)10-14(16(19)21)18-12-6-2-1-3-7-12/h1-9,14,18H,10H2/t14-/m1/s1. The molecule has 1 aliphatic rings. The largest absolute Gasteiger partial charge is 0.373 e. The number of anilines is 2. The first-order chi connectivity index (χ1) is 10.1. The molecule has 1 heterocycles. The monoisotopic (exact) mass is 284 g/mol. The van der Waals surface area contributed by atoms with E-state index in [-0.39, 0.29) is 23.9 Å². The summed E-state index contributed by atoms with van der Waals surface area (Å²) in [6.07, 6.45) is 0.0598. The van der Waals surface area contributed by atoms with Crippen LogP contribution >= 0.6 is 0 Å². The van der Waals surface area contributed by atoms with E-state index in [2.05, 4.69) is 5.32 Å². The number of hydrogen-bond donors (Lipinski definition) is 1. The van der Waals surface area contributed by atoms with Gasteiger partial charge in [-0.05, 0) is 30.3 Å². The van der Waals surface area contributed by atoms with Crippen molar-refractivity contribution in [2.75, 3.05) is 10.2 Å². The van der Waals surface area contributed by atoms with Crippen molar-refractivity contribution in [1.29, 1.82) is 0 Å². The van der Waals surface area contributed by atoms with Gasteiger partial charge in [0.2, 0.25) is 5.91 Å². The zero-order chi connectivity index (χ0) is 14.8. The molecule has 21 heavy (non-hydrogen) atoms. The second-order valence-corrected chi connectivity index (χ2v) is 4.81. The first-order valence-electron chi connectivity index (χ1n) is 6.59. The molecule has 0 unspecified atom stereocenters. The molecule has 1 atom stereocenters. The molecule has 0 saturated carbocycles. The van der Waals surface area contributed by atoms with E-state index in [1.165, 1.54) is 18.2 Å². The Labute approximate surface area is 121 Å². The lowest BCUT2D eigenvalue weighted by atomic mass is 10.2. The van der Waals surface area contributed by atoms with E-state index >= 15 is 0 Å². The van der Waals surface area contributed by atoms with Gasteiger partial charge in [-0.2, -0.15) is 0 Å². The molecule has 1 aliphatic heterocycles. The summed E-state index contributed by atoms with van der Waals surface area (Å²) in [5.41, 5.74) is 1.03. The summed E-state index contributed by atoms with van der Waals surface area (Å²) in [4.78, 5) is 25.4. The van der Waals surface area contributed by atoms with Crippen molar-refractivity contribution in [2.24, 2.45) is 0 Å². The van der Waals surface area contributed by atoms with Crippen LogP contribution in [0, 0.1) is 5.82 Å². The fourth-order valence-corrected chi connectivity index (χ4v) is 2.37. The summed E-state index contributed by atoms with van der Waals surface area (Å²) in [6, 6.07) is 14.0. The van der Waals surface area contributed by atoms with E-state index in [1.54, 1.807) is 6.07 Å². The Morgan fingerprint density at radius 1 is 1.05 bits per heavy atom. The fourth-order valence-electron chi connectivity index (χ4n) is 2.37. The Morgan fingerprint density at radius 2 is 1.81 bits per heavy atom. The fraction of sp³-hybridized carbons (Fsp3) is 0.125. The molecule has 3 rings (SSSR count). The van der Waals surface area contributed by atoms with Gasteiger partial charge in [-0.25, -0.2) is 9.29 Å². The Hall–Kier alpha value is -2.69. The maximum absolute atomic E-state index is 13.3. The van der Waals surface area contributed by atoms with Gasteiger partial charge in [0.25, 0.3) is 5.91 Å². The maximum Gasteiger partial charge on any atom is 0.256 e. The number of carbonyl (C=O) groups is 2. The number of amides is 2. The maximum atomic E-state index is 13.3. The van der Waals surface area contributed by atoms with Crippen LogP contribution in [0.1, 0.15) is 6.42 Å². The molecule has 2 aromatic carbocycles. The van der Waals surface area contributed by atoms with Crippen LogP contribution in [0.15, 0.2) is 54.6 Å². The summed E-state index contributed by atoms with van der Waals surface area (Å²) in [5, 5.41) is 3.03. The second-order valence-electron chi connectivity index (χ2n) is 4.81. The summed E-state index contributed by atoms with van der Waals surface area (Å²) in [7, 11) is 0. The Kier molecular flexibility index (Phi) is 3.39. The van der Waals surface area contributed by atoms with Crippen molar-refractivity contribution < 1.29 is 14.0 Å². The van der Waals surface area contributed by atoms with Gasteiger partial charge in [-0.1, -0.05) is 24.3 Å². The molecule has 0 bridgehead atoms. The summed E-state index contributed by atoms with van der Waals surface area (Å²) in [6.45, 7) is 0. The average molecular weight is 284 g/mol.